The number of H-pyrrole nitrogens is 1. The molecule has 2 N–H and O–H groups in total. The molecule has 0 radical (unpaired) electrons. The van der Waals surface area contributed by atoms with Gasteiger partial charge in [-0.2, -0.15) is 0 Å². The van der Waals surface area contributed by atoms with Crippen molar-refractivity contribution in [1.29, 1.82) is 0 Å². The van der Waals surface area contributed by atoms with E-state index in [2.05, 4.69) is 9.97 Å². The Balaban J connectivity index is 2.42. The van der Waals surface area contributed by atoms with Crippen LogP contribution in [-0.2, 0) is 16.8 Å². The van der Waals surface area contributed by atoms with E-state index in [9.17, 15) is 4.79 Å². The lowest BCUT2D eigenvalue weighted by Crippen LogP contribution is -2.34. The molecule has 0 amide bonds. The molecule has 0 spiro atoms. The molecule has 1 heterocycles. The molecule has 1 aromatic rings. The van der Waals surface area contributed by atoms with E-state index in [1.54, 1.807) is 7.11 Å². The summed E-state index contributed by atoms with van der Waals surface area (Å²) in [7, 11) is 1.70. The van der Waals surface area contributed by atoms with Crippen molar-refractivity contribution in [3.05, 3.63) is 27.4 Å². The van der Waals surface area contributed by atoms with Crippen molar-refractivity contribution in [3.8, 4) is 0 Å². The third kappa shape index (κ3) is 2.94. The third-order valence-electron chi connectivity index (χ3n) is 4.32. The predicted octanol–water partition coefficient (Wildman–Crippen LogP) is 1.81. The van der Waals surface area contributed by atoms with E-state index in [4.69, 9.17) is 9.84 Å². The Morgan fingerprint density at radius 3 is 2.45 bits per heavy atom. The smallest absolute Gasteiger partial charge is 0.254 e. The number of methoxy groups -OCH3 is 1. The second-order valence-corrected chi connectivity index (χ2v) is 5.56. The van der Waals surface area contributed by atoms with Crippen LogP contribution < -0.4 is 5.56 Å². The van der Waals surface area contributed by atoms with Gasteiger partial charge >= 0.3 is 0 Å². The average Bonchev–Trinajstić information content (AvgIpc) is 2.69. The molecule has 20 heavy (non-hydrogen) atoms. The molecule has 1 aliphatic carbocycles. The fourth-order valence-electron chi connectivity index (χ4n) is 3.07. The quantitative estimate of drug-likeness (QED) is 0.825. The van der Waals surface area contributed by atoms with Crippen LogP contribution >= 0.6 is 0 Å². The molecule has 1 saturated carbocycles. The zero-order valence-electron chi connectivity index (χ0n) is 12.4. The molecule has 5 heteroatoms. The Bertz CT molecular complexity index is 502. The van der Waals surface area contributed by atoms with Gasteiger partial charge in [0.05, 0.1) is 0 Å². The number of ether oxygens (including phenoxy) is 1. The molecule has 0 bridgehead atoms. The topological polar surface area (TPSA) is 75.2 Å². The van der Waals surface area contributed by atoms with Gasteiger partial charge in [0.2, 0.25) is 0 Å². The van der Waals surface area contributed by atoms with E-state index in [0.717, 1.165) is 25.7 Å². The molecule has 112 valence electrons. The summed E-state index contributed by atoms with van der Waals surface area (Å²) in [5.74, 6) is 0.645. The molecule has 1 fully saturated rings. The highest BCUT2D eigenvalue weighted by molar-refractivity contribution is 5.19. The number of aromatic amines is 1. The fraction of sp³-hybridized carbons (Fsp3) is 0.733. The van der Waals surface area contributed by atoms with Crippen LogP contribution in [0.3, 0.4) is 0 Å². The highest BCUT2D eigenvalue weighted by Gasteiger charge is 2.35. The summed E-state index contributed by atoms with van der Waals surface area (Å²) in [5.41, 5.74) is 0.648. The average molecular weight is 280 g/mol. The largest absolute Gasteiger partial charge is 0.396 e. The summed E-state index contributed by atoms with van der Waals surface area (Å²) in [5, 5.41) is 9.02. The minimum Gasteiger partial charge on any atom is -0.396 e. The summed E-state index contributed by atoms with van der Waals surface area (Å²) < 4.78 is 5.77. The van der Waals surface area contributed by atoms with Crippen molar-refractivity contribution in [2.45, 2.75) is 57.5 Å². The van der Waals surface area contributed by atoms with Crippen molar-refractivity contribution in [3.63, 3.8) is 0 Å². The van der Waals surface area contributed by atoms with Gasteiger partial charge in [0.15, 0.2) is 0 Å². The first kappa shape index (κ1) is 15.2. The first-order chi connectivity index (χ1) is 9.63. The van der Waals surface area contributed by atoms with Crippen molar-refractivity contribution in [2.75, 3.05) is 13.7 Å². The van der Waals surface area contributed by atoms with Crippen LogP contribution in [0.1, 0.15) is 55.6 Å². The van der Waals surface area contributed by atoms with Crippen molar-refractivity contribution in [1.82, 2.24) is 9.97 Å². The molecule has 2 rings (SSSR count). The van der Waals surface area contributed by atoms with E-state index in [1.165, 1.54) is 12.8 Å². The normalized spacial score (nSPS) is 18.8. The number of aliphatic hydroxyl groups is 1. The van der Waals surface area contributed by atoms with Crippen molar-refractivity contribution in [2.24, 2.45) is 0 Å². The Morgan fingerprint density at radius 1 is 1.30 bits per heavy atom. The molecule has 0 unspecified atom stereocenters. The first-order valence-electron chi connectivity index (χ1n) is 7.39. The van der Waals surface area contributed by atoms with Crippen LogP contribution in [0, 0.1) is 6.92 Å². The maximum Gasteiger partial charge on any atom is 0.254 e. The standard InChI is InChI=1S/C15H24N2O3/c1-11-12(7-10-18)13(19)17-14(16-11)15(20-2)8-5-3-4-6-9-15/h18H,3-10H2,1-2H3,(H,16,17,19). The molecule has 1 aromatic heterocycles. The fourth-order valence-corrected chi connectivity index (χ4v) is 3.07. The van der Waals surface area contributed by atoms with Crippen molar-refractivity contribution < 1.29 is 9.84 Å². The van der Waals surface area contributed by atoms with Crippen LogP contribution in [0.15, 0.2) is 4.79 Å². The van der Waals surface area contributed by atoms with E-state index >= 15 is 0 Å². The Morgan fingerprint density at radius 2 is 1.95 bits per heavy atom. The summed E-state index contributed by atoms with van der Waals surface area (Å²) >= 11 is 0. The second-order valence-electron chi connectivity index (χ2n) is 5.56. The van der Waals surface area contributed by atoms with Gasteiger partial charge < -0.3 is 14.8 Å². The Hall–Kier alpha value is -1.20. The number of hydrogen-bond acceptors (Lipinski definition) is 4. The lowest BCUT2D eigenvalue weighted by atomic mass is 9.92. The molecule has 0 saturated heterocycles. The molecule has 0 atom stereocenters. The highest BCUT2D eigenvalue weighted by atomic mass is 16.5. The SMILES string of the molecule is COC1(c2nc(C)c(CCO)c(=O)[nH]2)CCCCCC1. The summed E-state index contributed by atoms with van der Waals surface area (Å²) in [4.78, 5) is 19.6. The predicted molar refractivity (Wildman–Crippen MR) is 76.8 cm³/mol. The zero-order chi connectivity index (χ0) is 14.6. The number of aromatic nitrogens is 2. The maximum absolute atomic E-state index is 12.2. The monoisotopic (exact) mass is 280 g/mol. The lowest BCUT2D eigenvalue weighted by Gasteiger charge is -2.30. The molecular formula is C15H24N2O3. The number of hydrogen-bond donors (Lipinski definition) is 2. The van der Waals surface area contributed by atoms with Crippen LogP contribution in [0.2, 0.25) is 0 Å². The van der Waals surface area contributed by atoms with Gasteiger partial charge in [-0.3, -0.25) is 4.79 Å². The molecule has 0 aliphatic heterocycles. The van der Waals surface area contributed by atoms with Gasteiger partial charge in [0, 0.05) is 31.4 Å². The van der Waals surface area contributed by atoms with E-state index in [1.807, 2.05) is 6.92 Å². The minimum absolute atomic E-state index is 0.0413. The summed E-state index contributed by atoms with van der Waals surface area (Å²) in [6.07, 6.45) is 6.72. The Kier molecular flexibility index (Phi) is 4.94. The third-order valence-corrected chi connectivity index (χ3v) is 4.32. The van der Waals surface area contributed by atoms with Crippen molar-refractivity contribution >= 4 is 0 Å². The van der Waals surface area contributed by atoms with Gasteiger partial charge in [0.1, 0.15) is 11.4 Å². The lowest BCUT2D eigenvalue weighted by molar-refractivity contribution is -0.0355. The van der Waals surface area contributed by atoms with Gasteiger partial charge in [-0.25, -0.2) is 4.98 Å². The summed E-state index contributed by atoms with van der Waals surface area (Å²) in [6.45, 7) is 1.78. The minimum atomic E-state index is -0.460. The zero-order valence-corrected chi connectivity index (χ0v) is 12.4. The molecule has 0 aromatic carbocycles. The first-order valence-corrected chi connectivity index (χ1v) is 7.39. The summed E-state index contributed by atoms with van der Waals surface area (Å²) in [6, 6.07) is 0. The van der Waals surface area contributed by atoms with E-state index in [0.29, 0.717) is 23.5 Å². The van der Waals surface area contributed by atoms with Crippen LogP contribution in [0.5, 0.6) is 0 Å². The Labute approximate surface area is 119 Å². The number of nitrogens with zero attached hydrogens (tertiary/aromatic N) is 1. The van der Waals surface area contributed by atoms with Gasteiger partial charge in [-0.15, -0.1) is 0 Å². The van der Waals surface area contributed by atoms with Crippen LogP contribution in [0.4, 0.5) is 0 Å². The van der Waals surface area contributed by atoms with E-state index in [-0.39, 0.29) is 12.2 Å². The van der Waals surface area contributed by atoms with Gasteiger partial charge in [-0.05, 0) is 19.8 Å². The number of nitrogens with one attached hydrogen (secondary N) is 1. The van der Waals surface area contributed by atoms with E-state index < -0.39 is 5.60 Å². The number of rotatable bonds is 4. The number of aryl methyl sites for hydroxylation is 1. The van der Waals surface area contributed by atoms with Gasteiger partial charge in [0.25, 0.3) is 5.56 Å². The highest BCUT2D eigenvalue weighted by Crippen LogP contribution is 2.36. The molecule has 5 nitrogen and oxygen atoms in total. The second kappa shape index (κ2) is 6.50. The van der Waals surface area contributed by atoms with Crippen LogP contribution in [-0.4, -0.2) is 28.8 Å². The van der Waals surface area contributed by atoms with Crippen LogP contribution in [0.25, 0.3) is 0 Å². The number of aliphatic hydroxyl groups excluding tert-OH is 1. The molecule has 1 aliphatic rings. The maximum atomic E-state index is 12.2. The molecular weight excluding hydrogens is 256 g/mol. The van der Waals surface area contributed by atoms with Gasteiger partial charge in [-0.1, -0.05) is 25.7 Å².